The molecule has 1 aromatic heterocycles. The van der Waals surface area contributed by atoms with Crippen LogP contribution in [-0.4, -0.2) is 15.5 Å². The minimum absolute atomic E-state index is 0.0849. The maximum absolute atomic E-state index is 13.5. The van der Waals surface area contributed by atoms with Crippen molar-refractivity contribution < 1.29 is 13.6 Å². The summed E-state index contributed by atoms with van der Waals surface area (Å²) in [6, 6.07) is 2.22. The van der Waals surface area contributed by atoms with Gasteiger partial charge < -0.3 is 11.5 Å². The molecule has 2 aromatic rings. The van der Waals surface area contributed by atoms with E-state index in [2.05, 4.69) is 4.98 Å². The van der Waals surface area contributed by atoms with Crippen LogP contribution in [0, 0.1) is 11.6 Å². The van der Waals surface area contributed by atoms with Crippen LogP contribution in [0.5, 0.6) is 0 Å². The van der Waals surface area contributed by atoms with E-state index in [1.54, 1.807) is 0 Å². The van der Waals surface area contributed by atoms with Gasteiger partial charge >= 0.3 is 0 Å². The summed E-state index contributed by atoms with van der Waals surface area (Å²) < 4.78 is 27.5. The molecule has 0 atom stereocenters. The first kappa shape index (κ1) is 10.3. The number of carbonyl (C=O) groups is 1. The average molecular weight is 226 g/mol. The maximum Gasteiger partial charge on any atom is 0.237 e. The van der Waals surface area contributed by atoms with E-state index in [1.807, 2.05) is 0 Å². The zero-order valence-electron chi connectivity index (χ0n) is 8.08. The lowest BCUT2D eigenvalue weighted by molar-refractivity contribution is -0.118. The predicted molar refractivity (Wildman–Crippen MR) is 53.3 cm³/mol. The average Bonchev–Trinajstić information content (AvgIpc) is 2.50. The molecule has 7 heteroatoms. The summed E-state index contributed by atoms with van der Waals surface area (Å²) in [6.45, 7) is -0.345. The van der Waals surface area contributed by atoms with Crippen molar-refractivity contribution in [1.29, 1.82) is 0 Å². The second kappa shape index (κ2) is 3.44. The van der Waals surface area contributed by atoms with Crippen molar-refractivity contribution in [3.63, 3.8) is 0 Å². The molecule has 0 saturated carbocycles. The first-order valence-electron chi connectivity index (χ1n) is 4.38. The van der Waals surface area contributed by atoms with Gasteiger partial charge in [-0.25, -0.2) is 13.8 Å². The van der Waals surface area contributed by atoms with Gasteiger partial charge in [0.05, 0.1) is 5.52 Å². The van der Waals surface area contributed by atoms with Crippen molar-refractivity contribution in [2.24, 2.45) is 5.73 Å². The number of hydrogen-bond acceptors (Lipinski definition) is 3. The fourth-order valence-corrected chi connectivity index (χ4v) is 1.49. The van der Waals surface area contributed by atoms with Gasteiger partial charge in [-0.15, -0.1) is 0 Å². The summed E-state index contributed by atoms with van der Waals surface area (Å²) in [6.07, 6.45) is 0. The van der Waals surface area contributed by atoms with Crippen molar-refractivity contribution in [2.45, 2.75) is 6.54 Å². The van der Waals surface area contributed by atoms with Crippen molar-refractivity contribution in [1.82, 2.24) is 9.55 Å². The Balaban J connectivity index is 2.76. The lowest BCUT2D eigenvalue weighted by atomic mass is 10.3. The second-order valence-electron chi connectivity index (χ2n) is 3.25. The smallest absolute Gasteiger partial charge is 0.237 e. The third-order valence-corrected chi connectivity index (χ3v) is 2.14. The number of fused-ring (bicyclic) bond motifs is 1. The Morgan fingerprint density at radius 2 is 2.12 bits per heavy atom. The maximum atomic E-state index is 13.5. The summed E-state index contributed by atoms with van der Waals surface area (Å²) in [5.74, 6) is -2.92. The number of amides is 1. The van der Waals surface area contributed by atoms with Gasteiger partial charge in [-0.3, -0.25) is 9.36 Å². The summed E-state index contributed by atoms with van der Waals surface area (Å²) in [5.41, 5.74) is 10.5. The molecule has 0 aliphatic heterocycles. The number of benzene rings is 1. The van der Waals surface area contributed by atoms with E-state index in [0.29, 0.717) is 0 Å². The molecule has 1 aromatic carbocycles. The number of aromatic nitrogens is 2. The van der Waals surface area contributed by atoms with E-state index in [-0.39, 0.29) is 23.5 Å². The Hall–Kier alpha value is -2.18. The Labute approximate surface area is 88.7 Å². The Bertz CT molecular complexity index is 578. The van der Waals surface area contributed by atoms with Gasteiger partial charge in [0.1, 0.15) is 12.1 Å². The summed E-state index contributed by atoms with van der Waals surface area (Å²) >= 11 is 0. The summed E-state index contributed by atoms with van der Waals surface area (Å²) in [7, 11) is 0. The van der Waals surface area contributed by atoms with E-state index in [0.717, 1.165) is 10.6 Å². The zero-order valence-corrected chi connectivity index (χ0v) is 8.08. The Morgan fingerprint density at radius 3 is 2.75 bits per heavy atom. The van der Waals surface area contributed by atoms with Gasteiger partial charge in [0, 0.05) is 0 Å². The van der Waals surface area contributed by atoms with Crippen molar-refractivity contribution >= 4 is 22.9 Å². The fraction of sp³-hybridized carbons (Fsp3) is 0.111. The van der Waals surface area contributed by atoms with Crippen LogP contribution in [0.3, 0.4) is 0 Å². The Morgan fingerprint density at radius 1 is 1.44 bits per heavy atom. The number of carbonyl (C=O) groups excluding carboxylic acids is 1. The van der Waals surface area contributed by atoms with Crippen LogP contribution in [0.15, 0.2) is 12.1 Å². The molecule has 0 bridgehead atoms. The number of halogens is 2. The number of nitrogens with two attached hydrogens (primary N) is 2. The summed E-state index contributed by atoms with van der Waals surface area (Å²) in [5, 5.41) is 0. The number of rotatable bonds is 2. The lowest BCUT2D eigenvalue weighted by Crippen LogP contribution is -2.20. The molecule has 84 valence electrons. The minimum atomic E-state index is -1.09. The largest absolute Gasteiger partial charge is 0.369 e. The number of primary amides is 1. The van der Waals surface area contributed by atoms with Crippen LogP contribution < -0.4 is 11.5 Å². The zero-order chi connectivity index (χ0) is 11.9. The number of anilines is 1. The molecule has 0 fully saturated rings. The van der Waals surface area contributed by atoms with E-state index in [1.165, 1.54) is 6.07 Å². The van der Waals surface area contributed by atoms with Gasteiger partial charge in [-0.1, -0.05) is 0 Å². The SMILES string of the molecule is NC(=O)Cn1c(N)nc2ccc(F)c(F)c21. The van der Waals surface area contributed by atoms with Crippen LogP contribution in [0.4, 0.5) is 14.7 Å². The van der Waals surface area contributed by atoms with Crippen LogP contribution in [0.1, 0.15) is 0 Å². The molecule has 0 saturated heterocycles. The molecule has 0 radical (unpaired) electrons. The molecule has 16 heavy (non-hydrogen) atoms. The third kappa shape index (κ3) is 1.46. The second-order valence-corrected chi connectivity index (χ2v) is 3.25. The van der Waals surface area contributed by atoms with Crippen molar-refractivity contribution in [3.8, 4) is 0 Å². The minimum Gasteiger partial charge on any atom is -0.369 e. The van der Waals surface area contributed by atoms with E-state index in [4.69, 9.17) is 11.5 Å². The van der Waals surface area contributed by atoms with Crippen LogP contribution in [-0.2, 0) is 11.3 Å². The number of nitrogens with zero attached hydrogens (tertiary/aromatic N) is 2. The molecule has 0 aliphatic rings. The van der Waals surface area contributed by atoms with Gasteiger partial charge in [0.15, 0.2) is 11.6 Å². The molecular formula is C9H8F2N4O. The third-order valence-electron chi connectivity index (χ3n) is 2.14. The van der Waals surface area contributed by atoms with Crippen LogP contribution in [0.2, 0.25) is 0 Å². The van der Waals surface area contributed by atoms with E-state index < -0.39 is 17.5 Å². The van der Waals surface area contributed by atoms with Crippen LogP contribution in [0.25, 0.3) is 11.0 Å². The quantitative estimate of drug-likeness (QED) is 0.776. The number of imidazole rings is 1. The highest BCUT2D eigenvalue weighted by atomic mass is 19.2. The molecule has 0 unspecified atom stereocenters. The first-order valence-corrected chi connectivity index (χ1v) is 4.38. The standard InChI is InChI=1S/C9H8F2N4O/c10-4-1-2-5-8(7(4)11)15(3-6(12)16)9(13)14-5/h1-2H,3H2,(H2,12,16)(H2,13,14). The molecule has 5 nitrogen and oxygen atoms in total. The topological polar surface area (TPSA) is 86.9 Å². The lowest BCUT2D eigenvalue weighted by Gasteiger charge is -2.03. The normalized spacial score (nSPS) is 10.9. The summed E-state index contributed by atoms with van der Waals surface area (Å²) in [4.78, 5) is 14.6. The van der Waals surface area contributed by atoms with Gasteiger partial charge in [0.2, 0.25) is 11.9 Å². The molecule has 2 rings (SSSR count). The van der Waals surface area contributed by atoms with Gasteiger partial charge in [-0.05, 0) is 12.1 Å². The number of hydrogen-bond donors (Lipinski definition) is 2. The number of nitrogen functional groups attached to an aromatic ring is 1. The van der Waals surface area contributed by atoms with Crippen molar-refractivity contribution in [2.75, 3.05) is 5.73 Å². The highest BCUT2D eigenvalue weighted by Gasteiger charge is 2.16. The van der Waals surface area contributed by atoms with Crippen molar-refractivity contribution in [3.05, 3.63) is 23.8 Å². The van der Waals surface area contributed by atoms with E-state index >= 15 is 0 Å². The molecule has 0 aliphatic carbocycles. The van der Waals surface area contributed by atoms with Gasteiger partial charge in [0.25, 0.3) is 0 Å². The molecular weight excluding hydrogens is 218 g/mol. The molecule has 1 heterocycles. The van der Waals surface area contributed by atoms with Gasteiger partial charge in [-0.2, -0.15) is 0 Å². The monoisotopic (exact) mass is 226 g/mol. The molecule has 1 amide bonds. The highest BCUT2D eigenvalue weighted by molar-refractivity contribution is 5.82. The first-order chi connectivity index (χ1) is 7.50. The Kier molecular flexibility index (Phi) is 2.22. The highest BCUT2D eigenvalue weighted by Crippen LogP contribution is 2.22. The fourth-order valence-electron chi connectivity index (χ4n) is 1.49. The molecule has 4 N–H and O–H groups in total. The predicted octanol–water partition coefficient (Wildman–Crippen LogP) is 0.382. The van der Waals surface area contributed by atoms with Crippen LogP contribution >= 0.6 is 0 Å². The molecule has 0 spiro atoms. The van der Waals surface area contributed by atoms with E-state index in [9.17, 15) is 13.6 Å².